The standard InChI is InChI=1S/C17H22ClN5O4/c1-3-4-7-23-14(19)13(15(24)21-17(23)26)22(8-9-27-2)16(25)11-5-6-20-12(18)10-11/h5-6,10H,3-4,7-9,19H2,1-2H3,(H,21,24,26). The van der Waals surface area contributed by atoms with E-state index >= 15 is 0 Å². The molecule has 10 heteroatoms. The van der Waals surface area contributed by atoms with Crippen LogP contribution < -0.4 is 21.9 Å². The summed E-state index contributed by atoms with van der Waals surface area (Å²) < 4.78 is 6.31. The molecule has 0 aliphatic carbocycles. The molecule has 3 N–H and O–H groups in total. The maximum Gasteiger partial charge on any atom is 0.330 e. The molecule has 1 amide bonds. The molecule has 0 atom stereocenters. The van der Waals surface area contributed by atoms with Crippen molar-refractivity contribution in [2.45, 2.75) is 26.3 Å². The number of aromatic amines is 1. The van der Waals surface area contributed by atoms with Crippen LogP contribution in [0.25, 0.3) is 0 Å². The van der Waals surface area contributed by atoms with Crippen LogP contribution in [0.1, 0.15) is 30.1 Å². The number of nitrogens with one attached hydrogen (secondary N) is 1. The summed E-state index contributed by atoms with van der Waals surface area (Å²) in [5, 5.41) is 0.141. The summed E-state index contributed by atoms with van der Waals surface area (Å²) in [5.41, 5.74) is 4.90. The van der Waals surface area contributed by atoms with Crippen molar-refractivity contribution in [3.05, 3.63) is 49.9 Å². The van der Waals surface area contributed by atoms with Gasteiger partial charge >= 0.3 is 5.69 Å². The van der Waals surface area contributed by atoms with Gasteiger partial charge in [0.15, 0.2) is 5.69 Å². The van der Waals surface area contributed by atoms with E-state index in [1.165, 1.54) is 34.9 Å². The average Bonchev–Trinajstić information content (AvgIpc) is 2.63. The second-order valence-corrected chi connectivity index (χ2v) is 6.20. The Labute approximate surface area is 160 Å². The Morgan fingerprint density at radius 2 is 2.19 bits per heavy atom. The minimum absolute atomic E-state index is 0.0640. The molecule has 146 valence electrons. The summed E-state index contributed by atoms with van der Waals surface area (Å²) in [6.07, 6.45) is 2.92. The number of aromatic nitrogens is 3. The fraction of sp³-hybridized carbons (Fsp3) is 0.412. The van der Waals surface area contributed by atoms with Crippen molar-refractivity contribution in [3.63, 3.8) is 0 Å². The fourth-order valence-corrected chi connectivity index (χ4v) is 2.74. The van der Waals surface area contributed by atoms with Gasteiger partial charge in [0.05, 0.1) is 6.61 Å². The number of nitrogens with zero attached hydrogens (tertiary/aromatic N) is 3. The molecule has 2 aromatic heterocycles. The summed E-state index contributed by atoms with van der Waals surface area (Å²) in [5.74, 6) is -0.573. The molecule has 0 saturated carbocycles. The first kappa shape index (κ1) is 20.7. The van der Waals surface area contributed by atoms with E-state index in [1.54, 1.807) is 0 Å². The fourth-order valence-electron chi connectivity index (χ4n) is 2.57. The molecule has 0 fully saturated rings. The first-order chi connectivity index (χ1) is 12.9. The Bertz CT molecular complexity index is 924. The van der Waals surface area contributed by atoms with Crippen molar-refractivity contribution >= 4 is 29.0 Å². The number of amides is 1. The lowest BCUT2D eigenvalue weighted by Crippen LogP contribution is -2.42. The molecule has 2 heterocycles. The van der Waals surface area contributed by atoms with Gasteiger partial charge in [0.2, 0.25) is 0 Å². The van der Waals surface area contributed by atoms with Crippen molar-refractivity contribution in [1.82, 2.24) is 14.5 Å². The second-order valence-electron chi connectivity index (χ2n) is 5.82. The predicted molar refractivity (Wildman–Crippen MR) is 103 cm³/mol. The van der Waals surface area contributed by atoms with Crippen molar-refractivity contribution in [2.24, 2.45) is 0 Å². The van der Waals surface area contributed by atoms with Crippen LogP contribution in [0.4, 0.5) is 11.5 Å². The third-order valence-electron chi connectivity index (χ3n) is 3.96. The lowest BCUT2D eigenvalue weighted by atomic mass is 10.2. The number of rotatable bonds is 8. The summed E-state index contributed by atoms with van der Waals surface area (Å²) in [6.45, 7) is 2.53. The smallest absolute Gasteiger partial charge is 0.330 e. The van der Waals surface area contributed by atoms with Crippen molar-refractivity contribution in [2.75, 3.05) is 30.9 Å². The summed E-state index contributed by atoms with van der Waals surface area (Å²) in [7, 11) is 1.47. The molecule has 0 bridgehead atoms. The zero-order valence-electron chi connectivity index (χ0n) is 15.2. The number of nitrogens with two attached hydrogens (primary N) is 1. The highest BCUT2D eigenvalue weighted by molar-refractivity contribution is 6.29. The number of anilines is 2. The Hall–Kier alpha value is -2.65. The van der Waals surface area contributed by atoms with Gasteiger partial charge in [-0.3, -0.25) is 24.0 Å². The topological polar surface area (TPSA) is 123 Å². The van der Waals surface area contributed by atoms with E-state index in [4.69, 9.17) is 22.1 Å². The molecule has 9 nitrogen and oxygen atoms in total. The van der Waals surface area contributed by atoms with Crippen LogP contribution in [0.5, 0.6) is 0 Å². The maximum absolute atomic E-state index is 13.0. The average molecular weight is 396 g/mol. The van der Waals surface area contributed by atoms with Gasteiger partial charge in [0.1, 0.15) is 11.0 Å². The van der Waals surface area contributed by atoms with Crippen molar-refractivity contribution in [3.8, 4) is 0 Å². The SMILES string of the molecule is CCCCn1c(N)c(N(CCOC)C(=O)c2ccnc(Cl)c2)c(=O)[nH]c1=O. The van der Waals surface area contributed by atoms with Crippen LogP contribution >= 0.6 is 11.6 Å². The number of pyridine rings is 1. The van der Waals surface area contributed by atoms with E-state index in [2.05, 4.69) is 9.97 Å². The van der Waals surface area contributed by atoms with Crippen LogP contribution in [-0.4, -0.2) is 40.7 Å². The van der Waals surface area contributed by atoms with Crippen LogP contribution in [0.15, 0.2) is 27.9 Å². The molecular formula is C17H22ClN5O4. The molecule has 2 aromatic rings. The van der Waals surface area contributed by atoms with Gasteiger partial charge < -0.3 is 10.5 Å². The Kier molecular flexibility index (Phi) is 7.14. The number of carbonyl (C=O) groups excluding carboxylic acids is 1. The van der Waals surface area contributed by atoms with Crippen LogP contribution in [-0.2, 0) is 11.3 Å². The first-order valence-electron chi connectivity index (χ1n) is 8.45. The lowest BCUT2D eigenvalue weighted by molar-refractivity contribution is 0.0975. The highest BCUT2D eigenvalue weighted by atomic mass is 35.5. The van der Waals surface area contributed by atoms with Gasteiger partial charge in [-0.25, -0.2) is 9.78 Å². The maximum atomic E-state index is 13.0. The molecule has 0 saturated heterocycles. The quantitative estimate of drug-likeness (QED) is 0.648. The van der Waals surface area contributed by atoms with Gasteiger partial charge in [-0.15, -0.1) is 0 Å². The second kappa shape index (κ2) is 9.33. The zero-order chi connectivity index (χ0) is 20.0. The third kappa shape index (κ3) is 4.75. The van der Waals surface area contributed by atoms with Crippen molar-refractivity contribution in [1.29, 1.82) is 0 Å². The predicted octanol–water partition coefficient (Wildman–Crippen LogP) is 1.26. The van der Waals surface area contributed by atoms with E-state index in [0.717, 1.165) is 6.42 Å². The number of methoxy groups -OCH3 is 1. The number of halogens is 1. The van der Waals surface area contributed by atoms with E-state index in [0.29, 0.717) is 13.0 Å². The number of ether oxygens (including phenoxy) is 1. The molecular weight excluding hydrogens is 374 g/mol. The van der Waals surface area contributed by atoms with E-state index in [-0.39, 0.29) is 35.4 Å². The molecule has 2 rings (SSSR count). The monoisotopic (exact) mass is 395 g/mol. The highest BCUT2D eigenvalue weighted by Crippen LogP contribution is 2.20. The molecule has 0 unspecified atom stereocenters. The number of H-pyrrole nitrogens is 1. The van der Waals surface area contributed by atoms with Crippen LogP contribution in [0.3, 0.4) is 0 Å². The molecule has 0 spiro atoms. The highest BCUT2D eigenvalue weighted by Gasteiger charge is 2.25. The molecule has 27 heavy (non-hydrogen) atoms. The number of carbonyl (C=O) groups is 1. The Morgan fingerprint density at radius 3 is 2.81 bits per heavy atom. The van der Waals surface area contributed by atoms with E-state index in [1.807, 2.05) is 6.92 Å². The van der Waals surface area contributed by atoms with Gasteiger partial charge in [0.25, 0.3) is 11.5 Å². The van der Waals surface area contributed by atoms with Crippen LogP contribution in [0.2, 0.25) is 5.15 Å². The number of nitrogen functional groups attached to an aromatic ring is 1. The van der Waals surface area contributed by atoms with Gasteiger partial charge in [-0.05, 0) is 18.6 Å². The summed E-state index contributed by atoms with van der Waals surface area (Å²) in [4.78, 5) is 44.9. The molecule has 0 aliphatic rings. The summed E-state index contributed by atoms with van der Waals surface area (Å²) >= 11 is 5.87. The van der Waals surface area contributed by atoms with Gasteiger partial charge in [-0.2, -0.15) is 0 Å². The Morgan fingerprint density at radius 1 is 1.44 bits per heavy atom. The number of unbranched alkanes of at least 4 members (excludes halogenated alkanes) is 1. The largest absolute Gasteiger partial charge is 0.383 e. The third-order valence-corrected chi connectivity index (χ3v) is 4.16. The summed E-state index contributed by atoms with van der Waals surface area (Å²) in [6, 6.07) is 2.87. The normalized spacial score (nSPS) is 10.8. The number of hydrogen-bond acceptors (Lipinski definition) is 6. The van der Waals surface area contributed by atoms with E-state index in [9.17, 15) is 14.4 Å². The molecule has 0 radical (unpaired) electrons. The first-order valence-corrected chi connectivity index (χ1v) is 8.83. The minimum atomic E-state index is -0.741. The van der Waals surface area contributed by atoms with Crippen molar-refractivity contribution < 1.29 is 9.53 Å². The van der Waals surface area contributed by atoms with Gasteiger partial charge in [0, 0.05) is 32.0 Å². The molecule has 0 aromatic carbocycles. The minimum Gasteiger partial charge on any atom is -0.383 e. The van der Waals surface area contributed by atoms with E-state index < -0.39 is 17.2 Å². The number of hydrogen-bond donors (Lipinski definition) is 2. The van der Waals surface area contributed by atoms with Crippen LogP contribution in [0, 0.1) is 0 Å². The zero-order valence-corrected chi connectivity index (χ0v) is 16.0. The Balaban J connectivity index is 2.58. The van der Waals surface area contributed by atoms with Gasteiger partial charge in [-0.1, -0.05) is 24.9 Å². The lowest BCUT2D eigenvalue weighted by Gasteiger charge is -2.24. The molecule has 0 aliphatic heterocycles.